The maximum atomic E-state index is 12.8. The number of allylic oxidation sites excluding steroid dienone is 1. The van der Waals surface area contributed by atoms with Crippen molar-refractivity contribution in [2.24, 2.45) is 0 Å². The highest BCUT2D eigenvalue weighted by atomic mass is 35.5. The summed E-state index contributed by atoms with van der Waals surface area (Å²) in [6, 6.07) is 9.59. The van der Waals surface area contributed by atoms with Crippen molar-refractivity contribution in [3.63, 3.8) is 0 Å². The van der Waals surface area contributed by atoms with E-state index in [-0.39, 0.29) is 11.7 Å². The quantitative estimate of drug-likeness (QED) is 0.243. The molecule has 2 heterocycles. The number of hydrogen-bond donors (Lipinski definition) is 1. The van der Waals surface area contributed by atoms with Gasteiger partial charge in [0.2, 0.25) is 5.91 Å². The lowest BCUT2D eigenvalue weighted by Gasteiger charge is -2.16. The van der Waals surface area contributed by atoms with E-state index in [0.29, 0.717) is 38.9 Å². The molecule has 2 aromatic heterocycles. The van der Waals surface area contributed by atoms with Crippen LogP contribution < -0.4 is 10.1 Å². The number of para-hydroxylation sites is 1. The normalized spacial score (nSPS) is 14.1. The number of amides is 1. The SMILES string of the molecule is C=CCn1c(SCC(=O)Nc2sc3c(c2C#N)CCCCCC3)nnc1C(C)Oc1ccccc1Cl. The fraction of sp³-hybridized carbons (Fsp3) is 0.385. The maximum absolute atomic E-state index is 12.8. The van der Waals surface area contributed by atoms with Crippen LogP contribution in [0.5, 0.6) is 5.75 Å². The molecule has 188 valence electrons. The number of fused-ring (bicyclic) bond motifs is 1. The molecule has 36 heavy (non-hydrogen) atoms. The van der Waals surface area contributed by atoms with E-state index in [2.05, 4.69) is 28.2 Å². The molecule has 0 aliphatic heterocycles. The highest BCUT2D eigenvalue weighted by molar-refractivity contribution is 7.99. The van der Waals surface area contributed by atoms with Gasteiger partial charge in [0.25, 0.3) is 0 Å². The molecule has 0 fully saturated rings. The third kappa shape index (κ3) is 6.12. The molecule has 10 heteroatoms. The average Bonchev–Trinajstić information content (AvgIpc) is 3.39. The minimum atomic E-state index is -0.413. The zero-order valence-electron chi connectivity index (χ0n) is 20.1. The van der Waals surface area contributed by atoms with E-state index in [4.69, 9.17) is 16.3 Å². The number of rotatable bonds is 9. The van der Waals surface area contributed by atoms with Crippen molar-refractivity contribution in [3.8, 4) is 11.8 Å². The summed E-state index contributed by atoms with van der Waals surface area (Å²) in [6.07, 6.45) is 7.83. The molecule has 0 saturated carbocycles. The van der Waals surface area contributed by atoms with Gasteiger partial charge in [-0.1, -0.05) is 54.4 Å². The second-order valence-electron chi connectivity index (χ2n) is 8.50. The minimum Gasteiger partial charge on any atom is -0.481 e. The number of aromatic nitrogens is 3. The molecule has 0 bridgehead atoms. The molecule has 1 aromatic carbocycles. The molecule has 1 N–H and O–H groups in total. The van der Waals surface area contributed by atoms with Crippen molar-refractivity contribution in [2.45, 2.75) is 63.3 Å². The van der Waals surface area contributed by atoms with Gasteiger partial charge in [-0.2, -0.15) is 5.26 Å². The van der Waals surface area contributed by atoms with Gasteiger partial charge in [-0.05, 0) is 50.3 Å². The highest BCUT2D eigenvalue weighted by Crippen LogP contribution is 2.37. The smallest absolute Gasteiger partial charge is 0.235 e. The van der Waals surface area contributed by atoms with Crippen molar-refractivity contribution >= 4 is 45.6 Å². The number of anilines is 1. The Bertz CT molecular complexity index is 1280. The Morgan fingerprint density at radius 3 is 2.86 bits per heavy atom. The molecule has 1 atom stereocenters. The average molecular weight is 542 g/mol. The zero-order chi connectivity index (χ0) is 25.5. The van der Waals surface area contributed by atoms with Crippen molar-refractivity contribution in [1.29, 1.82) is 5.26 Å². The number of nitriles is 1. The number of benzene rings is 1. The highest BCUT2D eigenvalue weighted by Gasteiger charge is 2.23. The van der Waals surface area contributed by atoms with Crippen LogP contribution in [0.4, 0.5) is 5.00 Å². The van der Waals surface area contributed by atoms with Gasteiger partial charge in [0.1, 0.15) is 16.8 Å². The number of carbonyl (C=O) groups is 1. The Morgan fingerprint density at radius 2 is 2.11 bits per heavy atom. The molecule has 1 aliphatic carbocycles. The molecule has 7 nitrogen and oxygen atoms in total. The summed E-state index contributed by atoms with van der Waals surface area (Å²) in [5.74, 6) is 1.14. The summed E-state index contributed by atoms with van der Waals surface area (Å²) in [5.41, 5.74) is 1.74. The lowest BCUT2D eigenvalue weighted by atomic mass is 9.97. The molecule has 0 radical (unpaired) electrons. The van der Waals surface area contributed by atoms with Crippen LogP contribution in [0.15, 0.2) is 42.1 Å². The predicted octanol–water partition coefficient (Wildman–Crippen LogP) is 6.58. The van der Waals surface area contributed by atoms with Gasteiger partial charge < -0.3 is 10.1 Å². The van der Waals surface area contributed by atoms with Gasteiger partial charge in [-0.25, -0.2) is 0 Å². The first kappa shape index (κ1) is 26.3. The summed E-state index contributed by atoms with van der Waals surface area (Å²) < 4.78 is 7.89. The number of ether oxygens (including phenoxy) is 1. The Kier molecular flexibility index (Phi) is 9.08. The molecule has 0 saturated heterocycles. The number of nitrogens with zero attached hydrogens (tertiary/aromatic N) is 4. The lowest BCUT2D eigenvalue weighted by molar-refractivity contribution is -0.113. The number of nitrogens with one attached hydrogen (secondary N) is 1. The standard InChI is InChI=1S/C26H28ClN5O2S2/c1-3-14-32-24(17(2)34-21-12-9-8-11-20(21)27)30-31-26(32)35-16-23(33)29-25-19(15-28)18-10-6-4-5-7-13-22(18)36-25/h3,8-9,11-12,17H,1,4-7,10,13-14,16H2,2H3,(H,29,33). The number of carbonyl (C=O) groups excluding carboxylic acids is 1. The zero-order valence-corrected chi connectivity index (χ0v) is 22.5. The number of thioether (sulfide) groups is 1. The predicted molar refractivity (Wildman–Crippen MR) is 145 cm³/mol. The van der Waals surface area contributed by atoms with E-state index in [9.17, 15) is 10.1 Å². The summed E-state index contributed by atoms with van der Waals surface area (Å²) in [6.45, 7) is 6.18. The topological polar surface area (TPSA) is 92.8 Å². The van der Waals surface area contributed by atoms with Crippen molar-refractivity contribution < 1.29 is 9.53 Å². The minimum absolute atomic E-state index is 0.141. The summed E-state index contributed by atoms with van der Waals surface area (Å²) in [5, 5.41) is 23.1. The Labute approximate surface area is 224 Å². The maximum Gasteiger partial charge on any atom is 0.235 e. The van der Waals surface area contributed by atoms with Crippen LogP contribution in [-0.4, -0.2) is 26.4 Å². The number of thiophene rings is 1. The van der Waals surface area contributed by atoms with Gasteiger partial charge in [0.05, 0.1) is 16.3 Å². The van der Waals surface area contributed by atoms with Crippen molar-refractivity contribution in [2.75, 3.05) is 11.1 Å². The number of aryl methyl sites for hydroxylation is 1. The molecule has 3 aromatic rings. The van der Waals surface area contributed by atoms with Crippen molar-refractivity contribution in [1.82, 2.24) is 14.8 Å². The summed E-state index contributed by atoms with van der Waals surface area (Å²) in [7, 11) is 0. The van der Waals surface area contributed by atoms with Crippen molar-refractivity contribution in [3.05, 3.63) is 63.8 Å². The third-order valence-corrected chi connectivity index (χ3v) is 8.42. The molecule has 4 rings (SSSR count). The fourth-order valence-electron chi connectivity index (χ4n) is 4.21. The largest absolute Gasteiger partial charge is 0.481 e. The molecule has 1 amide bonds. The number of hydrogen-bond acceptors (Lipinski definition) is 7. The second-order valence-corrected chi connectivity index (χ2v) is 11.0. The van der Waals surface area contributed by atoms with Gasteiger partial charge in [-0.3, -0.25) is 9.36 Å². The van der Waals surface area contributed by atoms with Crippen LogP contribution in [0, 0.1) is 11.3 Å². The van der Waals surface area contributed by atoms with Crippen LogP contribution in [0.1, 0.15) is 60.5 Å². The molecule has 1 aliphatic rings. The van der Waals surface area contributed by atoms with Gasteiger partial charge >= 0.3 is 0 Å². The first-order chi connectivity index (χ1) is 17.5. The summed E-state index contributed by atoms with van der Waals surface area (Å²) >= 11 is 9.06. The van der Waals surface area contributed by atoms with E-state index < -0.39 is 6.10 Å². The first-order valence-corrected chi connectivity index (χ1v) is 14.1. The van der Waals surface area contributed by atoms with E-state index in [1.807, 2.05) is 23.6 Å². The van der Waals surface area contributed by atoms with Crippen LogP contribution in [0.25, 0.3) is 0 Å². The van der Waals surface area contributed by atoms with Gasteiger partial charge in [0.15, 0.2) is 17.1 Å². The second kappa shape index (κ2) is 12.4. The lowest BCUT2D eigenvalue weighted by Crippen LogP contribution is -2.15. The van der Waals surface area contributed by atoms with Crippen LogP contribution in [0.2, 0.25) is 5.02 Å². The van der Waals surface area contributed by atoms with Crippen LogP contribution in [0.3, 0.4) is 0 Å². The Morgan fingerprint density at radius 1 is 1.33 bits per heavy atom. The Hall–Kier alpha value is -2.80. The van der Waals surface area contributed by atoms with E-state index in [0.717, 1.165) is 31.2 Å². The van der Waals surface area contributed by atoms with E-state index >= 15 is 0 Å². The Balaban J connectivity index is 1.44. The monoisotopic (exact) mass is 541 g/mol. The molecule has 1 unspecified atom stereocenters. The van der Waals surface area contributed by atoms with Gasteiger partial charge in [0, 0.05) is 11.4 Å². The summed E-state index contributed by atoms with van der Waals surface area (Å²) in [4.78, 5) is 14.1. The van der Waals surface area contributed by atoms with Gasteiger partial charge in [-0.15, -0.1) is 28.1 Å². The van der Waals surface area contributed by atoms with E-state index in [1.54, 1.807) is 29.5 Å². The molecule has 0 spiro atoms. The first-order valence-electron chi connectivity index (χ1n) is 11.9. The van der Waals surface area contributed by atoms with Crippen LogP contribution in [-0.2, 0) is 24.2 Å². The van der Waals surface area contributed by atoms with Crippen LogP contribution >= 0.6 is 34.7 Å². The fourth-order valence-corrected chi connectivity index (χ4v) is 6.40. The third-order valence-electron chi connectivity index (χ3n) is 5.93. The molecular weight excluding hydrogens is 514 g/mol. The van der Waals surface area contributed by atoms with E-state index in [1.165, 1.54) is 29.5 Å². The molecular formula is C26H28ClN5O2S2. The number of halogens is 1.